The molecular weight excluding hydrogens is 323 g/mol. The van der Waals surface area contributed by atoms with Crippen molar-refractivity contribution in [3.05, 3.63) is 39.7 Å². The molecule has 0 saturated carbocycles. The Labute approximate surface area is 129 Å². The number of fused-ring (bicyclic) bond motifs is 1. The Morgan fingerprint density at radius 1 is 1.20 bits per heavy atom. The summed E-state index contributed by atoms with van der Waals surface area (Å²) in [6.07, 6.45) is 0. The summed E-state index contributed by atoms with van der Waals surface area (Å²) >= 11 is 18.0. The first-order valence-electron chi connectivity index (χ1n) is 5.78. The zero-order valence-corrected chi connectivity index (χ0v) is 12.7. The Kier molecular flexibility index (Phi) is 3.58. The van der Waals surface area contributed by atoms with Crippen molar-refractivity contribution in [1.29, 1.82) is 0 Å². The highest BCUT2D eigenvalue weighted by Crippen LogP contribution is 2.29. The van der Waals surface area contributed by atoms with Crippen molar-refractivity contribution in [1.82, 2.24) is 19.7 Å². The summed E-state index contributed by atoms with van der Waals surface area (Å²) in [7, 11) is 0. The van der Waals surface area contributed by atoms with Crippen molar-refractivity contribution in [2.24, 2.45) is 0 Å². The highest BCUT2D eigenvalue weighted by atomic mass is 35.5. The molecule has 2 heterocycles. The summed E-state index contributed by atoms with van der Waals surface area (Å²) in [5.41, 5.74) is 1.55. The predicted octanol–water partition coefficient (Wildman–Crippen LogP) is 3.82. The Morgan fingerprint density at radius 3 is 2.60 bits per heavy atom. The topological polar surface area (TPSA) is 56.7 Å². The molecule has 0 radical (unpaired) electrons. The van der Waals surface area contributed by atoms with Gasteiger partial charge in [0.15, 0.2) is 5.82 Å². The number of hydrogen-bond donors (Lipinski definition) is 0. The molecule has 0 aliphatic carbocycles. The lowest BCUT2D eigenvalue weighted by Gasteiger charge is -2.04. The zero-order valence-electron chi connectivity index (χ0n) is 10.4. The van der Waals surface area contributed by atoms with Crippen molar-refractivity contribution in [3.8, 4) is 0 Å². The average molecular weight is 332 g/mol. The van der Waals surface area contributed by atoms with Crippen LogP contribution >= 0.6 is 34.8 Å². The monoisotopic (exact) mass is 330 g/mol. The van der Waals surface area contributed by atoms with Crippen molar-refractivity contribution >= 4 is 45.8 Å². The van der Waals surface area contributed by atoms with Gasteiger partial charge < -0.3 is 9.09 Å². The minimum absolute atomic E-state index is 0.261. The smallest absolute Gasteiger partial charge is 0.246 e. The van der Waals surface area contributed by atoms with Crippen molar-refractivity contribution in [2.75, 3.05) is 0 Å². The average Bonchev–Trinajstić information content (AvgIpc) is 2.96. The molecule has 0 N–H and O–H groups in total. The van der Waals surface area contributed by atoms with Crippen LogP contribution < -0.4 is 0 Å². The van der Waals surface area contributed by atoms with E-state index in [4.69, 9.17) is 39.3 Å². The number of halogens is 3. The summed E-state index contributed by atoms with van der Waals surface area (Å²) in [6, 6.07) is 3.47. The summed E-state index contributed by atoms with van der Waals surface area (Å²) in [6.45, 7) is 2.15. The van der Waals surface area contributed by atoms with Gasteiger partial charge in [-0.05, 0) is 19.1 Å². The number of benzene rings is 1. The number of alkyl halides is 1. The molecule has 0 aliphatic heterocycles. The minimum Gasteiger partial charge on any atom is -0.337 e. The van der Waals surface area contributed by atoms with Gasteiger partial charge in [-0.25, -0.2) is 4.98 Å². The maximum Gasteiger partial charge on any atom is 0.246 e. The maximum atomic E-state index is 6.06. The van der Waals surface area contributed by atoms with E-state index in [1.165, 1.54) is 0 Å². The van der Waals surface area contributed by atoms with E-state index in [1.807, 2.05) is 4.57 Å². The van der Waals surface area contributed by atoms with Crippen LogP contribution in [0.5, 0.6) is 0 Å². The number of rotatable bonds is 3. The van der Waals surface area contributed by atoms with Gasteiger partial charge in [-0.2, -0.15) is 4.98 Å². The maximum absolute atomic E-state index is 6.06. The normalized spacial score (nSPS) is 11.4. The lowest BCUT2D eigenvalue weighted by atomic mass is 10.3. The Bertz CT molecular complexity index is 780. The number of aromatic nitrogens is 4. The van der Waals surface area contributed by atoms with Crippen LogP contribution in [0.25, 0.3) is 11.0 Å². The van der Waals surface area contributed by atoms with Crippen molar-refractivity contribution in [2.45, 2.75) is 19.3 Å². The molecule has 2 aromatic heterocycles. The quantitative estimate of drug-likeness (QED) is 0.685. The highest BCUT2D eigenvalue weighted by molar-refractivity contribution is 6.42. The van der Waals surface area contributed by atoms with E-state index < -0.39 is 0 Å². The number of hydrogen-bond acceptors (Lipinski definition) is 4. The molecule has 20 heavy (non-hydrogen) atoms. The van der Waals surface area contributed by atoms with E-state index >= 15 is 0 Å². The molecule has 0 fully saturated rings. The van der Waals surface area contributed by atoms with Crippen molar-refractivity contribution in [3.63, 3.8) is 0 Å². The minimum atomic E-state index is 0.261. The zero-order chi connectivity index (χ0) is 14.3. The Balaban J connectivity index is 2.14. The lowest BCUT2D eigenvalue weighted by molar-refractivity contribution is 0.368. The van der Waals surface area contributed by atoms with Crippen LogP contribution in [-0.2, 0) is 12.4 Å². The van der Waals surface area contributed by atoms with E-state index in [9.17, 15) is 0 Å². The molecule has 0 spiro atoms. The molecule has 0 bridgehead atoms. The van der Waals surface area contributed by atoms with Gasteiger partial charge in [0.2, 0.25) is 5.89 Å². The SMILES string of the molecule is Cc1noc(Cn2c(CCl)nc3cc(Cl)c(Cl)cc32)n1. The summed E-state index contributed by atoms with van der Waals surface area (Å²) in [4.78, 5) is 8.61. The van der Waals surface area contributed by atoms with Gasteiger partial charge in [0.1, 0.15) is 12.4 Å². The van der Waals surface area contributed by atoms with Gasteiger partial charge in [0.05, 0.1) is 27.0 Å². The van der Waals surface area contributed by atoms with Crippen molar-refractivity contribution < 1.29 is 4.52 Å². The number of nitrogens with zero attached hydrogens (tertiary/aromatic N) is 4. The molecule has 0 atom stereocenters. The molecule has 5 nitrogen and oxygen atoms in total. The van der Waals surface area contributed by atoms with Crippen LogP contribution in [0.2, 0.25) is 10.0 Å². The fourth-order valence-corrected chi connectivity index (χ4v) is 2.51. The van der Waals surface area contributed by atoms with Gasteiger partial charge in [0.25, 0.3) is 0 Å². The van der Waals surface area contributed by atoms with E-state index in [0.717, 1.165) is 11.0 Å². The second-order valence-corrected chi connectivity index (χ2v) is 5.32. The first kappa shape index (κ1) is 13.7. The molecule has 104 valence electrons. The molecule has 3 rings (SSSR count). The third kappa shape index (κ3) is 2.37. The van der Waals surface area contributed by atoms with Gasteiger partial charge >= 0.3 is 0 Å². The third-order valence-electron chi connectivity index (χ3n) is 2.85. The molecule has 3 aromatic rings. The third-order valence-corrected chi connectivity index (χ3v) is 3.81. The molecule has 8 heteroatoms. The predicted molar refractivity (Wildman–Crippen MR) is 77.4 cm³/mol. The first-order chi connectivity index (χ1) is 9.58. The Morgan fingerprint density at radius 2 is 1.95 bits per heavy atom. The first-order valence-corrected chi connectivity index (χ1v) is 7.07. The standard InChI is InChI=1S/C12H9Cl3N4O/c1-6-16-12(20-18-6)5-19-10-3-8(15)7(14)2-9(10)17-11(19)4-13/h2-3H,4-5H2,1H3. The molecule has 0 amide bonds. The van der Waals surface area contributed by atoms with E-state index in [2.05, 4.69) is 15.1 Å². The van der Waals surface area contributed by atoms with Gasteiger partial charge in [0, 0.05) is 0 Å². The summed E-state index contributed by atoms with van der Waals surface area (Å²) in [5, 5.41) is 4.68. The summed E-state index contributed by atoms with van der Waals surface area (Å²) in [5.74, 6) is 2.02. The molecule has 1 aromatic carbocycles. The van der Waals surface area contributed by atoms with E-state index in [0.29, 0.717) is 34.1 Å². The molecule has 0 aliphatic rings. The van der Waals surface area contributed by atoms with Crippen LogP contribution in [0, 0.1) is 6.92 Å². The van der Waals surface area contributed by atoms with Gasteiger partial charge in [-0.15, -0.1) is 11.6 Å². The van der Waals surface area contributed by atoms with Crippen LogP contribution in [0.4, 0.5) is 0 Å². The second-order valence-electron chi connectivity index (χ2n) is 4.24. The van der Waals surface area contributed by atoms with Crippen LogP contribution in [0.3, 0.4) is 0 Å². The van der Waals surface area contributed by atoms with E-state index in [-0.39, 0.29) is 5.88 Å². The largest absolute Gasteiger partial charge is 0.337 e. The number of aryl methyl sites for hydroxylation is 1. The fraction of sp³-hybridized carbons (Fsp3) is 0.250. The van der Waals surface area contributed by atoms with Crippen LogP contribution in [0.1, 0.15) is 17.5 Å². The Hall–Kier alpha value is -1.30. The molecular formula is C12H9Cl3N4O. The highest BCUT2D eigenvalue weighted by Gasteiger charge is 2.15. The molecule has 0 unspecified atom stereocenters. The lowest BCUT2D eigenvalue weighted by Crippen LogP contribution is -2.04. The second kappa shape index (κ2) is 5.24. The fourth-order valence-electron chi connectivity index (χ4n) is 1.99. The van der Waals surface area contributed by atoms with E-state index in [1.54, 1.807) is 19.1 Å². The summed E-state index contributed by atoms with van der Waals surface area (Å²) < 4.78 is 7.01. The number of imidazole rings is 1. The molecule has 0 saturated heterocycles. The van der Waals surface area contributed by atoms with Crippen LogP contribution in [0.15, 0.2) is 16.7 Å². The van der Waals surface area contributed by atoms with Gasteiger partial charge in [-0.1, -0.05) is 28.4 Å². The van der Waals surface area contributed by atoms with Crippen LogP contribution in [-0.4, -0.2) is 19.7 Å². The van der Waals surface area contributed by atoms with Gasteiger partial charge in [-0.3, -0.25) is 0 Å².